The number of fused-ring (bicyclic) bond motifs is 1. The van der Waals surface area contributed by atoms with Crippen LogP contribution in [0.25, 0.3) is 16.7 Å². The Morgan fingerprint density at radius 1 is 0.900 bits per heavy atom. The van der Waals surface area contributed by atoms with E-state index in [1.165, 1.54) is 5.56 Å². The number of carbonyl (C=O) groups excluding carboxylic acids is 1. The molecule has 1 fully saturated rings. The second kappa shape index (κ2) is 11.4. The molecular weight excluding hydrogens is 524 g/mol. The van der Waals surface area contributed by atoms with Gasteiger partial charge in [0.15, 0.2) is 12.3 Å². The number of piperazine rings is 1. The molecule has 0 radical (unpaired) electrons. The third kappa shape index (κ3) is 5.62. The van der Waals surface area contributed by atoms with E-state index in [2.05, 4.69) is 41.2 Å². The average Bonchev–Trinajstić information content (AvgIpc) is 3.42. The van der Waals surface area contributed by atoms with Crippen molar-refractivity contribution >= 4 is 34.4 Å². The van der Waals surface area contributed by atoms with Crippen LogP contribution in [0.15, 0.2) is 85.1 Å². The lowest BCUT2D eigenvalue weighted by Gasteiger charge is -2.35. The monoisotopic (exact) mass is 552 g/mol. The summed E-state index contributed by atoms with van der Waals surface area (Å²) in [6.45, 7) is 4.53. The quantitative estimate of drug-likeness (QED) is 0.280. The zero-order valence-electron chi connectivity index (χ0n) is 22.2. The summed E-state index contributed by atoms with van der Waals surface area (Å²) in [7, 11) is 0. The van der Waals surface area contributed by atoms with Gasteiger partial charge in [-0.1, -0.05) is 59.6 Å². The molecule has 0 saturated carbocycles. The Morgan fingerprint density at radius 3 is 2.35 bits per heavy atom. The molecule has 0 bridgehead atoms. The highest BCUT2D eigenvalue weighted by molar-refractivity contribution is 6.30. The maximum Gasteiger partial charge on any atom is 0.260 e. The first-order valence-electron chi connectivity index (χ1n) is 13.3. The first-order valence-corrected chi connectivity index (χ1v) is 13.7. The Labute approximate surface area is 237 Å². The molecule has 1 saturated heterocycles. The summed E-state index contributed by atoms with van der Waals surface area (Å²) in [5.41, 5.74) is 4.08. The van der Waals surface area contributed by atoms with E-state index in [-0.39, 0.29) is 12.5 Å². The van der Waals surface area contributed by atoms with Gasteiger partial charge in [-0.3, -0.25) is 4.79 Å². The van der Waals surface area contributed by atoms with E-state index in [4.69, 9.17) is 26.3 Å². The fourth-order valence-corrected chi connectivity index (χ4v) is 4.96. The van der Waals surface area contributed by atoms with E-state index in [1.807, 2.05) is 46.1 Å². The standard InChI is InChI=1S/C31H29ClN6O2/c1-22-7-9-23(10-8-22)19-28-34-30(27-20-33-38(31(27)35-28)25-5-3-2-4-6-25)37-17-15-36(16-18-37)29(39)21-40-26-13-11-24(32)12-14-26/h2-14,20H,15-19,21H2,1H3. The van der Waals surface area contributed by atoms with Gasteiger partial charge in [-0.05, 0) is 48.9 Å². The molecule has 8 nitrogen and oxygen atoms in total. The molecule has 2 aromatic heterocycles. The summed E-state index contributed by atoms with van der Waals surface area (Å²) in [6.07, 6.45) is 2.45. The molecule has 40 heavy (non-hydrogen) atoms. The van der Waals surface area contributed by atoms with Crippen molar-refractivity contribution in [3.8, 4) is 11.4 Å². The Morgan fingerprint density at radius 2 is 1.62 bits per heavy atom. The van der Waals surface area contributed by atoms with E-state index in [9.17, 15) is 4.79 Å². The molecule has 0 unspecified atom stereocenters. The lowest BCUT2D eigenvalue weighted by atomic mass is 10.1. The van der Waals surface area contributed by atoms with Gasteiger partial charge in [0.05, 0.1) is 17.3 Å². The van der Waals surface area contributed by atoms with E-state index < -0.39 is 0 Å². The number of anilines is 1. The number of halogens is 1. The van der Waals surface area contributed by atoms with Gasteiger partial charge in [-0.15, -0.1) is 0 Å². The van der Waals surface area contributed by atoms with Crippen molar-refractivity contribution in [2.45, 2.75) is 13.3 Å². The highest BCUT2D eigenvalue weighted by Crippen LogP contribution is 2.27. The van der Waals surface area contributed by atoms with Gasteiger partial charge in [-0.25, -0.2) is 14.6 Å². The number of amides is 1. The number of benzene rings is 3. The molecule has 0 N–H and O–H groups in total. The molecule has 1 aliphatic heterocycles. The van der Waals surface area contributed by atoms with Gasteiger partial charge in [0.2, 0.25) is 0 Å². The number of hydrogen-bond donors (Lipinski definition) is 0. The minimum atomic E-state index is -0.0422. The average molecular weight is 553 g/mol. The number of nitrogens with zero attached hydrogens (tertiary/aromatic N) is 6. The van der Waals surface area contributed by atoms with Crippen LogP contribution in [0, 0.1) is 6.92 Å². The van der Waals surface area contributed by atoms with Crippen LogP contribution in [0.1, 0.15) is 17.0 Å². The third-order valence-electron chi connectivity index (χ3n) is 7.05. The molecule has 0 atom stereocenters. The predicted octanol–water partition coefficient (Wildman–Crippen LogP) is 5.10. The van der Waals surface area contributed by atoms with Crippen molar-refractivity contribution < 1.29 is 9.53 Å². The number of ether oxygens (including phenoxy) is 1. The number of aromatic nitrogens is 4. The summed E-state index contributed by atoms with van der Waals surface area (Å²) in [5, 5.41) is 6.20. The highest BCUT2D eigenvalue weighted by atomic mass is 35.5. The molecular formula is C31H29ClN6O2. The largest absolute Gasteiger partial charge is 0.484 e. The van der Waals surface area contributed by atoms with Crippen LogP contribution in [-0.2, 0) is 11.2 Å². The number of carbonyl (C=O) groups is 1. The minimum Gasteiger partial charge on any atom is -0.484 e. The van der Waals surface area contributed by atoms with Crippen LogP contribution in [0.5, 0.6) is 5.75 Å². The van der Waals surface area contributed by atoms with Crippen LogP contribution in [0.2, 0.25) is 5.02 Å². The normalized spacial score (nSPS) is 13.6. The van der Waals surface area contributed by atoms with Gasteiger partial charge < -0.3 is 14.5 Å². The van der Waals surface area contributed by atoms with Crippen LogP contribution in [-0.4, -0.2) is 63.3 Å². The molecule has 1 aliphatic rings. The summed E-state index contributed by atoms with van der Waals surface area (Å²) in [4.78, 5) is 26.9. The molecule has 3 aromatic carbocycles. The topological polar surface area (TPSA) is 76.4 Å². The van der Waals surface area contributed by atoms with Crippen molar-refractivity contribution in [1.29, 1.82) is 0 Å². The molecule has 6 rings (SSSR count). The molecule has 202 valence electrons. The number of aryl methyl sites for hydroxylation is 1. The second-order valence-electron chi connectivity index (χ2n) is 9.87. The van der Waals surface area contributed by atoms with E-state index in [1.54, 1.807) is 24.3 Å². The van der Waals surface area contributed by atoms with Gasteiger partial charge >= 0.3 is 0 Å². The Bertz CT molecular complexity index is 1610. The minimum absolute atomic E-state index is 0.00999. The molecule has 1 amide bonds. The zero-order valence-corrected chi connectivity index (χ0v) is 23.0. The first-order chi connectivity index (χ1) is 19.5. The van der Waals surface area contributed by atoms with Crippen molar-refractivity contribution in [1.82, 2.24) is 24.6 Å². The summed E-state index contributed by atoms with van der Waals surface area (Å²) >= 11 is 5.94. The Hall–Kier alpha value is -4.43. The molecule has 9 heteroatoms. The van der Waals surface area contributed by atoms with E-state index >= 15 is 0 Å². The summed E-state index contributed by atoms with van der Waals surface area (Å²) < 4.78 is 7.54. The summed E-state index contributed by atoms with van der Waals surface area (Å²) in [6, 6.07) is 25.5. The Kier molecular flexibility index (Phi) is 7.33. The van der Waals surface area contributed by atoms with Gasteiger partial charge in [0.1, 0.15) is 17.4 Å². The first kappa shape index (κ1) is 25.8. The number of para-hydroxylation sites is 1. The van der Waals surface area contributed by atoms with Crippen molar-refractivity contribution in [2.75, 3.05) is 37.7 Å². The maximum atomic E-state index is 12.9. The Balaban J connectivity index is 1.23. The lowest BCUT2D eigenvalue weighted by Crippen LogP contribution is -2.50. The molecule has 0 aliphatic carbocycles. The van der Waals surface area contributed by atoms with Gasteiger partial charge in [0.25, 0.3) is 5.91 Å². The fraction of sp³-hybridized carbons (Fsp3) is 0.226. The van der Waals surface area contributed by atoms with Gasteiger partial charge in [-0.2, -0.15) is 5.10 Å². The van der Waals surface area contributed by atoms with Crippen LogP contribution < -0.4 is 9.64 Å². The third-order valence-corrected chi connectivity index (χ3v) is 7.30. The smallest absolute Gasteiger partial charge is 0.260 e. The van der Waals surface area contributed by atoms with Crippen LogP contribution >= 0.6 is 11.6 Å². The zero-order chi connectivity index (χ0) is 27.5. The molecule has 3 heterocycles. The summed E-state index contributed by atoms with van der Waals surface area (Å²) in [5.74, 6) is 2.16. The second-order valence-corrected chi connectivity index (χ2v) is 10.3. The molecule has 0 spiro atoms. The highest BCUT2D eigenvalue weighted by Gasteiger charge is 2.25. The number of hydrogen-bond acceptors (Lipinski definition) is 6. The predicted molar refractivity (Wildman–Crippen MR) is 156 cm³/mol. The van der Waals surface area contributed by atoms with Crippen LogP contribution in [0.3, 0.4) is 0 Å². The lowest BCUT2D eigenvalue weighted by molar-refractivity contribution is -0.133. The van der Waals surface area contributed by atoms with Crippen molar-refractivity contribution in [2.24, 2.45) is 0 Å². The van der Waals surface area contributed by atoms with Gasteiger partial charge in [0, 0.05) is 37.6 Å². The maximum absolute atomic E-state index is 12.9. The molecule has 5 aromatic rings. The van der Waals surface area contributed by atoms with Crippen molar-refractivity contribution in [3.05, 3.63) is 107 Å². The van der Waals surface area contributed by atoms with E-state index in [0.717, 1.165) is 33.9 Å². The number of rotatable bonds is 7. The SMILES string of the molecule is Cc1ccc(Cc2nc(N3CCN(C(=O)COc4ccc(Cl)cc4)CC3)c3cnn(-c4ccccc4)c3n2)cc1. The van der Waals surface area contributed by atoms with Crippen molar-refractivity contribution in [3.63, 3.8) is 0 Å². The van der Waals surface area contributed by atoms with Crippen LogP contribution in [0.4, 0.5) is 5.82 Å². The van der Waals surface area contributed by atoms with E-state index in [0.29, 0.717) is 43.4 Å². The fourth-order valence-electron chi connectivity index (χ4n) is 4.84.